The summed E-state index contributed by atoms with van der Waals surface area (Å²) in [6.45, 7) is 5.18. The summed E-state index contributed by atoms with van der Waals surface area (Å²) in [5.74, 6) is -0.133. The summed E-state index contributed by atoms with van der Waals surface area (Å²) in [5.41, 5.74) is 1.59. The van der Waals surface area contributed by atoms with Crippen molar-refractivity contribution in [3.05, 3.63) is 35.9 Å². The molecule has 7 heteroatoms. The van der Waals surface area contributed by atoms with Crippen LogP contribution in [0.4, 0.5) is 0 Å². The number of nitrogens with one attached hydrogen (secondary N) is 2. The second kappa shape index (κ2) is 6.74. The molecule has 1 amide bonds. The smallest absolute Gasteiger partial charge is 0.271 e. The van der Waals surface area contributed by atoms with Crippen LogP contribution in [0, 0.1) is 6.92 Å². The van der Waals surface area contributed by atoms with Gasteiger partial charge in [0.2, 0.25) is 0 Å². The fourth-order valence-corrected chi connectivity index (χ4v) is 2.69. The molecule has 1 saturated heterocycles. The minimum atomic E-state index is -0.133. The first-order valence-electron chi connectivity index (χ1n) is 7.75. The van der Waals surface area contributed by atoms with E-state index in [4.69, 9.17) is 0 Å². The van der Waals surface area contributed by atoms with Crippen molar-refractivity contribution < 1.29 is 4.79 Å². The Morgan fingerprint density at radius 2 is 2.45 bits per heavy atom. The van der Waals surface area contributed by atoms with Crippen LogP contribution in [0.15, 0.2) is 24.7 Å². The Labute approximate surface area is 129 Å². The topological polar surface area (TPSA) is 76.8 Å². The number of nitrogens with zero attached hydrogens (tertiary/aromatic N) is 4. The zero-order valence-electron chi connectivity index (χ0n) is 12.8. The van der Waals surface area contributed by atoms with Crippen LogP contribution in [0.5, 0.6) is 0 Å². The van der Waals surface area contributed by atoms with Gasteiger partial charge in [-0.3, -0.25) is 14.2 Å². The van der Waals surface area contributed by atoms with Crippen molar-refractivity contribution in [1.82, 2.24) is 30.2 Å². The zero-order valence-corrected chi connectivity index (χ0v) is 12.8. The van der Waals surface area contributed by atoms with Gasteiger partial charge in [0.1, 0.15) is 5.69 Å². The fourth-order valence-electron chi connectivity index (χ4n) is 2.69. The van der Waals surface area contributed by atoms with Crippen LogP contribution in [0.25, 0.3) is 0 Å². The molecular weight excluding hydrogens is 280 g/mol. The first kappa shape index (κ1) is 14.8. The lowest BCUT2D eigenvalue weighted by Crippen LogP contribution is -2.32. The second-order valence-electron chi connectivity index (χ2n) is 5.72. The van der Waals surface area contributed by atoms with Gasteiger partial charge in [-0.2, -0.15) is 10.2 Å². The molecular formula is C15H22N6O. The minimum Gasteiger partial charge on any atom is -0.349 e. The number of rotatable bonds is 5. The predicted molar refractivity (Wildman–Crippen MR) is 82.7 cm³/mol. The van der Waals surface area contributed by atoms with Crippen LogP contribution in [0.3, 0.4) is 0 Å². The SMILES string of the molecule is Cc1cnn(CCNC(=O)c2ccn(C3CCCNC3)n2)c1. The maximum Gasteiger partial charge on any atom is 0.271 e. The van der Waals surface area contributed by atoms with E-state index in [1.165, 1.54) is 0 Å². The molecule has 0 aliphatic carbocycles. The van der Waals surface area contributed by atoms with Gasteiger partial charge in [0, 0.05) is 25.5 Å². The Balaban J connectivity index is 1.50. The summed E-state index contributed by atoms with van der Waals surface area (Å²) < 4.78 is 3.72. The van der Waals surface area contributed by atoms with Crippen molar-refractivity contribution >= 4 is 5.91 Å². The van der Waals surface area contributed by atoms with E-state index in [9.17, 15) is 4.79 Å². The molecule has 0 aromatic carbocycles. The number of carbonyl (C=O) groups excluding carboxylic acids is 1. The molecule has 3 rings (SSSR count). The van der Waals surface area contributed by atoms with E-state index in [2.05, 4.69) is 20.8 Å². The number of amides is 1. The minimum absolute atomic E-state index is 0.133. The van der Waals surface area contributed by atoms with E-state index in [1.54, 1.807) is 6.07 Å². The Hall–Kier alpha value is -2.15. The van der Waals surface area contributed by atoms with Crippen LogP contribution in [-0.4, -0.2) is 45.1 Å². The maximum atomic E-state index is 12.1. The average Bonchev–Trinajstić information content (AvgIpc) is 3.17. The largest absolute Gasteiger partial charge is 0.349 e. The van der Waals surface area contributed by atoms with Crippen molar-refractivity contribution in [2.75, 3.05) is 19.6 Å². The fraction of sp³-hybridized carbons (Fsp3) is 0.533. The number of aromatic nitrogens is 4. The highest BCUT2D eigenvalue weighted by atomic mass is 16.1. The van der Waals surface area contributed by atoms with Gasteiger partial charge in [0.25, 0.3) is 5.91 Å². The molecule has 3 heterocycles. The summed E-state index contributed by atoms with van der Waals surface area (Å²) >= 11 is 0. The Kier molecular flexibility index (Phi) is 4.53. The van der Waals surface area contributed by atoms with Crippen LogP contribution < -0.4 is 10.6 Å². The van der Waals surface area contributed by atoms with Crippen LogP contribution in [0.1, 0.15) is 34.9 Å². The molecule has 1 atom stereocenters. The van der Waals surface area contributed by atoms with Gasteiger partial charge in [-0.15, -0.1) is 0 Å². The average molecular weight is 302 g/mol. The van der Waals surface area contributed by atoms with E-state index in [0.29, 0.717) is 24.8 Å². The highest BCUT2D eigenvalue weighted by Crippen LogP contribution is 2.15. The van der Waals surface area contributed by atoms with Gasteiger partial charge in [-0.05, 0) is 37.9 Å². The normalized spacial score (nSPS) is 18.3. The number of hydrogen-bond donors (Lipinski definition) is 2. The molecule has 22 heavy (non-hydrogen) atoms. The molecule has 0 radical (unpaired) electrons. The molecule has 0 saturated carbocycles. The van der Waals surface area contributed by atoms with Crippen molar-refractivity contribution in [3.8, 4) is 0 Å². The third-order valence-electron chi connectivity index (χ3n) is 3.87. The highest BCUT2D eigenvalue weighted by Gasteiger charge is 2.17. The van der Waals surface area contributed by atoms with Gasteiger partial charge >= 0.3 is 0 Å². The van der Waals surface area contributed by atoms with Crippen molar-refractivity contribution in [2.45, 2.75) is 32.4 Å². The molecule has 118 valence electrons. The molecule has 2 aromatic rings. The van der Waals surface area contributed by atoms with E-state index in [0.717, 1.165) is 31.5 Å². The van der Waals surface area contributed by atoms with Crippen molar-refractivity contribution in [1.29, 1.82) is 0 Å². The molecule has 1 aliphatic heterocycles. The number of carbonyl (C=O) groups is 1. The molecule has 1 aliphatic rings. The summed E-state index contributed by atoms with van der Waals surface area (Å²) in [6, 6.07) is 2.13. The van der Waals surface area contributed by atoms with E-state index in [-0.39, 0.29) is 5.91 Å². The quantitative estimate of drug-likeness (QED) is 0.854. The van der Waals surface area contributed by atoms with E-state index in [1.807, 2.05) is 34.9 Å². The lowest BCUT2D eigenvalue weighted by Gasteiger charge is -2.22. The second-order valence-corrected chi connectivity index (χ2v) is 5.72. The van der Waals surface area contributed by atoms with Crippen LogP contribution >= 0.6 is 0 Å². The molecule has 0 bridgehead atoms. The summed E-state index contributed by atoms with van der Waals surface area (Å²) in [4.78, 5) is 12.1. The highest BCUT2D eigenvalue weighted by molar-refractivity contribution is 5.92. The monoisotopic (exact) mass is 302 g/mol. The molecule has 1 fully saturated rings. The summed E-state index contributed by atoms with van der Waals surface area (Å²) in [6.07, 6.45) is 7.91. The molecule has 1 unspecified atom stereocenters. The first-order chi connectivity index (χ1) is 10.7. The number of piperidine rings is 1. The molecule has 7 nitrogen and oxygen atoms in total. The standard InChI is InChI=1S/C15H22N6O/c1-12-9-18-20(11-12)8-6-17-15(22)14-4-7-21(19-14)13-3-2-5-16-10-13/h4,7,9,11,13,16H,2-3,5-6,8,10H2,1H3,(H,17,22). The Bertz CT molecular complexity index is 626. The van der Waals surface area contributed by atoms with Gasteiger partial charge < -0.3 is 10.6 Å². The summed E-state index contributed by atoms with van der Waals surface area (Å²) in [5, 5.41) is 14.8. The lowest BCUT2D eigenvalue weighted by molar-refractivity contribution is 0.0945. The van der Waals surface area contributed by atoms with E-state index < -0.39 is 0 Å². The third-order valence-corrected chi connectivity index (χ3v) is 3.87. The predicted octanol–water partition coefficient (Wildman–Crippen LogP) is 0.743. The van der Waals surface area contributed by atoms with Crippen LogP contribution in [-0.2, 0) is 6.54 Å². The Morgan fingerprint density at radius 1 is 1.55 bits per heavy atom. The summed E-state index contributed by atoms with van der Waals surface area (Å²) in [7, 11) is 0. The van der Waals surface area contributed by atoms with Gasteiger partial charge in [0.05, 0.1) is 18.8 Å². The van der Waals surface area contributed by atoms with E-state index >= 15 is 0 Å². The van der Waals surface area contributed by atoms with Crippen molar-refractivity contribution in [3.63, 3.8) is 0 Å². The molecule has 2 aromatic heterocycles. The number of hydrogen-bond acceptors (Lipinski definition) is 4. The molecule has 2 N–H and O–H groups in total. The Morgan fingerprint density at radius 3 is 3.18 bits per heavy atom. The number of aryl methyl sites for hydroxylation is 1. The van der Waals surface area contributed by atoms with Crippen LogP contribution in [0.2, 0.25) is 0 Å². The van der Waals surface area contributed by atoms with Gasteiger partial charge in [-0.1, -0.05) is 0 Å². The van der Waals surface area contributed by atoms with Crippen molar-refractivity contribution in [2.24, 2.45) is 0 Å². The molecule has 0 spiro atoms. The van der Waals surface area contributed by atoms with Gasteiger partial charge in [0.15, 0.2) is 0 Å². The third kappa shape index (κ3) is 3.54. The first-order valence-corrected chi connectivity index (χ1v) is 7.75. The van der Waals surface area contributed by atoms with Gasteiger partial charge in [-0.25, -0.2) is 0 Å². The maximum absolute atomic E-state index is 12.1. The lowest BCUT2D eigenvalue weighted by atomic mass is 10.1. The zero-order chi connectivity index (χ0) is 15.4.